The Bertz CT molecular complexity index is 8420. The predicted octanol–water partition coefficient (Wildman–Crippen LogP) is 28.8. The van der Waals surface area contributed by atoms with E-state index in [4.69, 9.17) is 29.9 Å². The number of benzene rings is 17. The third kappa shape index (κ3) is 15.5. The molecule has 0 atom stereocenters. The van der Waals surface area contributed by atoms with Gasteiger partial charge in [-0.15, -0.1) is 0 Å². The van der Waals surface area contributed by atoms with Crippen LogP contribution in [0.1, 0.15) is 0 Å². The highest BCUT2D eigenvalue weighted by Gasteiger charge is 2.19. The lowest BCUT2D eigenvalue weighted by Gasteiger charge is -2.12. The molecule has 9 heterocycles. The van der Waals surface area contributed by atoms with Gasteiger partial charge in [0.25, 0.3) is 0 Å². The van der Waals surface area contributed by atoms with Crippen molar-refractivity contribution in [1.82, 2.24) is 69.8 Å². The molecule has 26 rings (SSSR count). The van der Waals surface area contributed by atoms with Crippen LogP contribution in [-0.2, 0) is 0 Å². The summed E-state index contributed by atoms with van der Waals surface area (Å²) in [4.78, 5) is 66.1. The molecule has 0 saturated carbocycles. The molecule has 17 aromatic carbocycles. The molecule has 132 heavy (non-hydrogen) atoms. The molecule has 0 radical (unpaired) electrons. The molecule has 0 amide bonds. The number of hydrogen-bond donors (Lipinski definition) is 0. The Morgan fingerprint density at radius 3 is 0.727 bits per heavy atom. The summed E-state index contributed by atoms with van der Waals surface area (Å²) < 4.78 is 0. The summed E-state index contributed by atoms with van der Waals surface area (Å²) >= 11 is 0. The summed E-state index contributed by atoms with van der Waals surface area (Å²) in [5, 5.41) is 21.2. The van der Waals surface area contributed by atoms with Gasteiger partial charge < -0.3 is 0 Å². The summed E-state index contributed by atoms with van der Waals surface area (Å²) in [6.45, 7) is 0. The zero-order valence-electron chi connectivity index (χ0n) is 70.8. The fraction of sp³-hybridized carbons (Fsp3) is 0. The van der Waals surface area contributed by atoms with E-state index in [2.05, 4.69) is 361 Å². The van der Waals surface area contributed by atoms with E-state index in [-0.39, 0.29) is 0 Å². The first-order chi connectivity index (χ1) is 65.2. The van der Waals surface area contributed by atoms with Gasteiger partial charge in [0.15, 0.2) is 17.5 Å². The van der Waals surface area contributed by atoms with Gasteiger partial charge in [-0.3, -0.25) is 39.9 Å². The normalized spacial score (nSPS) is 11.5. The van der Waals surface area contributed by atoms with Crippen LogP contribution < -0.4 is 0 Å². The number of aromatic nitrogens is 14. The number of pyridine rings is 4. The molecule has 0 unspecified atom stereocenters. The summed E-state index contributed by atoms with van der Waals surface area (Å²) in [5.74, 6) is 2.04. The molecular formula is C118H72N14. The molecule has 614 valence electrons. The molecule has 0 aliphatic rings. The lowest BCUT2D eigenvalue weighted by molar-refractivity contribution is 1.18. The highest BCUT2D eigenvalue weighted by atomic mass is 14.9. The van der Waals surface area contributed by atoms with Crippen molar-refractivity contribution in [3.8, 4) is 124 Å². The van der Waals surface area contributed by atoms with Crippen molar-refractivity contribution in [3.05, 3.63) is 438 Å². The van der Waals surface area contributed by atoms with Crippen molar-refractivity contribution in [2.75, 3.05) is 0 Å². The van der Waals surface area contributed by atoms with Gasteiger partial charge in [0.05, 0.1) is 67.3 Å². The van der Waals surface area contributed by atoms with E-state index in [9.17, 15) is 0 Å². The average Bonchev–Trinajstić information content (AvgIpc) is 0.777. The molecule has 0 saturated heterocycles. The van der Waals surface area contributed by atoms with Crippen LogP contribution in [-0.4, -0.2) is 69.8 Å². The molecule has 0 aliphatic carbocycles. The first kappa shape index (κ1) is 77.4. The maximum Gasteiger partial charge on any atom is 0.160 e. The van der Waals surface area contributed by atoms with Crippen LogP contribution >= 0.6 is 0 Å². The van der Waals surface area contributed by atoms with Crippen molar-refractivity contribution >= 4 is 130 Å². The van der Waals surface area contributed by atoms with Crippen LogP contribution in [0, 0.1) is 0 Å². The van der Waals surface area contributed by atoms with Gasteiger partial charge in [-0.05, 0) is 243 Å². The first-order valence-electron chi connectivity index (χ1n) is 43.7. The third-order valence-corrected chi connectivity index (χ3v) is 24.7. The fourth-order valence-corrected chi connectivity index (χ4v) is 17.7. The molecule has 14 heteroatoms. The standard InChI is InChI=1S/C48H30N4.C36H22N4.C34H20N6/c1-2-4-36-26-45-27-42(16-13-39(45)23-35(36)3-1)48-51-46(33-9-5-31(6-10-33)37-14-17-43-29-49-21-19-40(43)24-37)28-47(52-48)34-11-7-32(8-12-34)38-15-18-44-30-50-22-20-41(44)25-38;1-2-6-26-18-31-19-30(14-11-27(31)17-25(26)5-1)36-39-34(28-12-9-23-7-3-15-37-32(23)20-28)22-35(40-36)29-13-10-24-8-4-16-38-33(24)21-29;1-2-4-22-16-27-17-26(6-5-23(27)15-21(22)3-1)34-39-30(24-7-9-28-32(18-24)37-13-11-35-28)20-31(40-34)25-8-10-29-33(19-25)38-14-12-36-29/h1-30H;1-22H;1-20H. The largest absolute Gasteiger partial charge is 0.264 e. The third-order valence-electron chi connectivity index (χ3n) is 24.7. The average molecular weight is 1690 g/mol. The van der Waals surface area contributed by atoms with E-state index in [1.807, 2.05) is 91.8 Å². The molecule has 0 bridgehead atoms. The van der Waals surface area contributed by atoms with E-state index in [0.29, 0.717) is 17.5 Å². The van der Waals surface area contributed by atoms with Gasteiger partial charge in [0.1, 0.15) is 0 Å². The van der Waals surface area contributed by atoms with Crippen LogP contribution in [0.5, 0.6) is 0 Å². The van der Waals surface area contributed by atoms with Crippen molar-refractivity contribution in [1.29, 1.82) is 0 Å². The number of rotatable bonds is 11. The number of hydrogen-bond acceptors (Lipinski definition) is 14. The monoisotopic (exact) mass is 1680 g/mol. The van der Waals surface area contributed by atoms with E-state index < -0.39 is 0 Å². The van der Waals surface area contributed by atoms with Crippen LogP contribution in [0.15, 0.2) is 438 Å². The quantitative estimate of drug-likeness (QED) is 0.112. The number of nitrogens with zero attached hydrogens (tertiary/aromatic N) is 14. The molecule has 26 aromatic rings. The smallest absolute Gasteiger partial charge is 0.160 e. The fourth-order valence-electron chi connectivity index (χ4n) is 17.7. The summed E-state index contributed by atoms with van der Waals surface area (Å²) in [6.07, 6.45) is 17.9. The molecule has 14 nitrogen and oxygen atoms in total. The van der Waals surface area contributed by atoms with Gasteiger partial charge in [-0.1, -0.05) is 231 Å². The van der Waals surface area contributed by atoms with Crippen molar-refractivity contribution < 1.29 is 0 Å². The zero-order chi connectivity index (χ0) is 87.4. The highest BCUT2D eigenvalue weighted by molar-refractivity contribution is 6.04. The van der Waals surface area contributed by atoms with E-state index >= 15 is 0 Å². The first-order valence-corrected chi connectivity index (χ1v) is 43.7. The van der Waals surface area contributed by atoms with E-state index in [1.165, 1.54) is 70.4 Å². The molecule has 0 fully saturated rings. The molecule has 0 spiro atoms. The second kappa shape index (κ2) is 33.3. The van der Waals surface area contributed by atoms with E-state index in [1.54, 1.807) is 24.8 Å². The Kier molecular flexibility index (Phi) is 19.5. The Morgan fingerprint density at radius 2 is 0.364 bits per heavy atom. The Morgan fingerprint density at radius 1 is 0.121 bits per heavy atom. The second-order valence-electron chi connectivity index (χ2n) is 33.0. The van der Waals surface area contributed by atoms with Crippen molar-refractivity contribution in [2.45, 2.75) is 0 Å². The molecular weight excluding hydrogens is 1610 g/mol. The van der Waals surface area contributed by atoms with Gasteiger partial charge in [0.2, 0.25) is 0 Å². The lowest BCUT2D eigenvalue weighted by atomic mass is 9.98. The minimum atomic E-state index is 0.654. The van der Waals surface area contributed by atoms with Crippen molar-refractivity contribution in [2.24, 2.45) is 0 Å². The predicted molar refractivity (Wildman–Crippen MR) is 538 cm³/mol. The summed E-state index contributed by atoms with van der Waals surface area (Å²) in [5.41, 5.74) is 23.8. The highest BCUT2D eigenvalue weighted by Crippen LogP contribution is 2.39. The van der Waals surface area contributed by atoms with Crippen LogP contribution in [0.25, 0.3) is 254 Å². The van der Waals surface area contributed by atoms with Gasteiger partial charge in [-0.2, -0.15) is 0 Å². The zero-order valence-corrected chi connectivity index (χ0v) is 70.8. The van der Waals surface area contributed by atoms with Gasteiger partial charge >= 0.3 is 0 Å². The minimum absolute atomic E-state index is 0.654. The second-order valence-corrected chi connectivity index (χ2v) is 33.0. The summed E-state index contributed by atoms with van der Waals surface area (Å²) in [6, 6.07) is 132. The van der Waals surface area contributed by atoms with Crippen LogP contribution in [0.2, 0.25) is 0 Å². The van der Waals surface area contributed by atoms with E-state index in [0.717, 1.165) is 166 Å². The lowest BCUT2D eigenvalue weighted by Crippen LogP contribution is -1.97. The maximum absolute atomic E-state index is 5.18. The van der Waals surface area contributed by atoms with Gasteiger partial charge in [0, 0.05) is 134 Å². The topological polar surface area (TPSA) is 180 Å². The van der Waals surface area contributed by atoms with Crippen molar-refractivity contribution in [3.63, 3.8) is 0 Å². The molecule has 0 N–H and O–H groups in total. The Labute approximate surface area is 756 Å². The maximum atomic E-state index is 5.18. The van der Waals surface area contributed by atoms with Gasteiger partial charge in [-0.25, -0.2) is 29.9 Å². The Hall–Kier alpha value is -18.1. The minimum Gasteiger partial charge on any atom is -0.264 e. The van der Waals surface area contributed by atoms with Crippen LogP contribution in [0.3, 0.4) is 0 Å². The molecule has 9 aromatic heterocycles. The SMILES string of the molecule is c1ccc2cc3cc(-c4nc(-c5ccc(-c6ccc7cnccc7c6)cc5)cc(-c5ccc(-c6ccc7cnccc7c6)cc5)n4)ccc3cc2c1.c1ccc2cc3cc(-c4nc(-c5ccc6cccnc6c5)cc(-c5ccc6cccnc6c5)n4)ccc3cc2c1.c1ccc2cc3cc(-c4nc(-c5ccc6nccnc6c5)cc(-c5ccc6nccnc6c5)n4)ccc3cc2c1. The van der Waals surface area contributed by atoms with Crippen LogP contribution in [0.4, 0.5) is 0 Å². The summed E-state index contributed by atoms with van der Waals surface area (Å²) in [7, 11) is 0. The Balaban J connectivity index is 0.000000111. The number of fused-ring (bicyclic) bond motifs is 12. The molecule has 0 aliphatic heterocycles.